The lowest BCUT2D eigenvalue weighted by Gasteiger charge is -2.29. The molecule has 4 N–H and O–H groups in total. The third-order valence-corrected chi connectivity index (χ3v) is 3.31. The van der Waals surface area contributed by atoms with Crippen molar-refractivity contribution in [3.8, 4) is 5.75 Å². The highest BCUT2D eigenvalue weighted by Crippen LogP contribution is 2.10. The predicted octanol–water partition coefficient (Wildman–Crippen LogP) is 0.862. The molecule has 0 radical (unpaired) electrons. The maximum atomic E-state index is 9.18. The number of piperidine rings is 1. The van der Waals surface area contributed by atoms with Gasteiger partial charge in [-0.05, 0) is 43.5 Å². The quantitative estimate of drug-likeness (QED) is 0.678. The fourth-order valence-electron chi connectivity index (χ4n) is 2.19. The summed E-state index contributed by atoms with van der Waals surface area (Å²) in [6.45, 7) is 2.95. The lowest BCUT2D eigenvalue weighted by atomic mass is 10.1. The number of rotatable bonds is 4. The van der Waals surface area contributed by atoms with Gasteiger partial charge in [-0.3, -0.25) is 5.84 Å². The van der Waals surface area contributed by atoms with Crippen molar-refractivity contribution in [1.82, 2.24) is 10.3 Å². The maximum absolute atomic E-state index is 9.18. The molecule has 0 saturated carbocycles. The predicted molar refractivity (Wildman–Crippen MR) is 68.6 cm³/mol. The summed E-state index contributed by atoms with van der Waals surface area (Å²) in [6, 6.07) is 8.02. The monoisotopic (exact) mass is 235 g/mol. The van der Waals surface area contributed by atoms with E-state index in [2.05, 4.69) is 5.32 Å². The van der Waals surface area contributed by atoms with Gasteiger partial charge in [0.25, 0.3) is 0 Å². The van der Waals surface area contributed by atoms with Crippen LogP contribution in [0.2, 0.25) is 0 Å². The fourth-order valence-corrected chi connectivity index (χ4v) is 2.19. The van der Waals surface area contributed by atoms with Crippen molar-refractivity contribution < 1.29 is 5.11 Å². The van der Waals surface area contributed by atoms with Crippen LogP contribution in [-0.2, 0) is 6.42 Å². The van der Waals surface area contributed by atoms with Gasteiger partial charge in [-0.1, -0.05) is 12.1 Å². The molecule has 1 aliphatic heterocycles. The second-order valence-electron chi connectivity index (χ2n) is 4.68. The summed E-state index contributed by atoms with van der Waals surface area (Å²) in [5, 5.41) is 14.6. The molecule has 2 rings (SSSR count). The SMILES string of the molecule is NN1CCC(NCCc2ccc(O)cc2)CC1. The van der Waals surface area contributed by atoms with Crippen LogP contribution in [0, 0.1) is 0 Å². The van der Waals surface area contributed by atoms with Crippen LogP contribution in [0.5, 0.6) is 5.75 Å². The number of hydrazine groups is 1. The normalized spacial score (nSPS) is 18.4. The number of aromatic hydroxyl groups is 1. The zero-order valence-electron chi connectivity index (χ0n) is 10.1. The standard InChI is InChI=1S/C13H21N3O/c14-16-9-6-12(7-10-16)15-8-5-11-1-3-13(17)4-2-11/h1-4,12,15,17H,5-10,14H2. The number of phenolic OH excluding ortho intramolecular Hbond substituents is 1. The summed E-state index contributed by atoms with van der Waals surface area (Å²) in [5.41, 5.74) is 1.26. The molecule has 1 aromatic rings. The first-order chi connectivity index (χ1) is 8.24. The van der Waals surface area contributed by atoms with Crippen LogP contribution in [0.3, 0.4) is 0 Å². The number of hydrogen-bond donors (Lipinski definition) is 3. The molecule has 0 unspecified atom stereocenters. The van der Waals surface area contributed by atoms with Crippen molar-refractivity contribution in [1.29, 1.82) is 0 Å². The number of benzene rings is 1. The van der Waals surface area contributed by atoms with E-state index in [-0.39, 0.29) is 0 Å². The van der Waals surface area contributed by atoms with Crippen molar-refractivity contribution >= 4 is 0 Å². The van der Waals surface area contributed by atoms with E-state index in [4.69, 9.17) is 5.84 Å². The summed E-state index contributed by atoms with van der Waals surface area (Å²) < 4.78 is 0. The minimum atomic E-state index is 0.331. The molecule has 0 bridgehead atoms. The molecule has 0 aliphatic carbocycles. The Morgan fingerprint density at radius 2 is 1.88 bits per heavy atom. The highest BCUT2D eigenvalue weighted by Gasteiger charge is 2.15. The molecule has 1 aliphatic rings. The van der Waals surface area contributed by atoms with E-state index in [9.17, 15) is 5.11 Å². The third kappa shape index (κ3) is 4.00. The third-order valence-electron chi connectivity index (χ3n) is 3.31. The van der Waals surface area contributed by atoms with Gasteiger partial charge in [0.05, 0.1) is 0 Å². The second-order valence-corrected chi connectivity index (χ2v) is 4.68. The van der Waals surface area contributed by atoms with Gasteiger partial charge in [0.1, 0.15) is 5.75 Å². The summed E-state index contributed by atoms with van der Waals surface area (Å²) in [5.74, 6) is 6.04. The van der Waals surface area contributed by atoms with Crippen LogP contribution in [0.4, 0.5) is 0 Å². The van der Waals surface area contributed by atoms with Crippen LogP contribution in [0.1, 0.15) is 18.4 Å². The Balaban J connectivity index is 1.67. The highest BCUT2D eigenvalue weighted by atomic mass is 16.3. The van der Waals surface area contributed by atoms with Gasteiger partial charge in [-0.25, -0.2) is 5.01 Å². The molecular weight excluding hydrogens is 214 g/mol. The van der Waals surface area contributed by atoms with E-state index in [1.54, 1.807) is 12.1 Å². The van der Waals surface area contributed by atoms with Gasteiger partial charge in [-0.15, -0.1) is 0 Å². The van der Waals surface area contributed by atoms with Gasteiger partial charge >= 0.3 is 0 Å². The molecule has 1 aromatic carbocycles. The average molecular weight is 235 g/mol. The molecular formula is C13H21N3O. The first-order valence-electron chi connectivity index (χ1n) is 6.25. The van der Waals surface area contributed by atoms with E-state index in [0.29, 0.717) is 11.8 Å². The molecule has 4 heteroatoms. The first kappa shape index (κ1) is 12.4. The Morgan fingerprint density at radius 1 is 1.24 bits per heavy atom. The second kappa shape index (κ2) is 6.00. The number of nitrogens with zero attached hydrogens (tertiary/aromatic N) is 1. The molecule has 1 heterocycles. The van der Waals surface area contributed by atoms with Gasteiger partial charge in [0.2, 0.25) is 0 Å². The maximum Gasteiger partial charge on any atom is 0.115 e. The van der Waals surface area contributed by atoms with Gasteiger partial charge in [0.15, 0.2) is 0 Å². The molecule has 0 spiro atoms. The van der Waals surface area contributed by atoms with Crippen molar-refractivity contribution in [2.75, 3.05) is 19.6 Å². The molecule has 0 aromatic heterocycles. The molecule has 0 atom stereocenters. The Labute approximate surface area is 102 Å². The highest BCUT2D eigenvalue weighted by molar-refractivity contribution is 5.25. The van der Waals surface area contributed by atoms with Crippen LogP contribution in [0.25, 0.3) is 0 Å². The minimum absolute atomic E-state index is 0.331. The lowest BCUT2D eigenvalue weighted by molar-refractivity contribution is 0.202. The van der Waals surface area contributed by atoms with Crippen LogP contribution < -0.4 is 11.2 Å². The summed E-state index contributed by atoms with van der Waals surface area (Å²) in [6.07, 6.45) is 3.27. The molecule has 1 saturated heterocycles. The molecule has 4 nitrogen and oxygen atoms in total. The Morgan fingerprint density at radius 3 is 2.53 bits per heavy atom. The Hall–Kier alpha value is -1.10. The topological polar surface area (TPSA) is 61.5 Å². The lowest BCUT2D eigenvalue weighted by Crippen LogP contribution is -2.45. The molecule has 17 heavy (non-hydrogen) atoms. The fraction of sp³-hybridized carbons (Fsp3) is 0.538. The number of phenols is 1. The minimum Gasteiger partial charge on any atom is -0.508 e. The summed E-state index contributed by atoms with van der Waals surface area (Å²) in [4.78, 5) is 0. The van der Waals surface area contributed by atoms with E-state index >= 15 is 0 Å². The largest absolute Gasteiger partial charge is 0.508 e. The van der Waals surface area contributed by atoms with Gasteiger partial charge in [-0.2, -0.15) is 0 Å². The molecule has 94 valence electrons. The average Bonchev–Trinajstić information content (AvgIpc) is 2.34. The van der Waals surface area contributed by atoms with Crippen molar-refractivity contribution in [2.45, 2.75) is 25.3 Å². The zero-order chi connectivity index (χ0) is 12.1. The Bertz CT molecular complexity index is 331. The molecule has 0 amide bonds. The van der Waals surface area contributed by atoms with E-state index in [1.165, 1.54) is 5.56 Å². The summed E-state index contributed by atoms with van der Waals surface area (Å²) >= 11 is 0. The smallest absolute Gasteiger partial charge is 0.115 e. The van der Waals surface area contributed by atoms with Crippen LogP contribution in [-0.4, -0.2) is 35.8 Å². The molecule has 1 fully saturated rings. The van der Waals surface area contributed by atoms with Gasteiger partial charge < -0.3 is 10.4 Å². The van der Waals surface area contributed by atoms with Crippen molar-refractivity contribution in [3.63, 3.8) is 0 Å². The zero-order valence-corrected chi connectivity index (χ0v) is 10.1. The first-order valence-corrected chi connectivity index (χ1v) is 6.25. The number of hydrogen-bond acceptors (Lipinski definition) is 4. The van der Waals surface area contributed by atoms with E-state index in [0.717, 1.165) is 38.9 Å². The van der Waals surface area contributed by atoms with E-state index < -0.39 is 0 Å². The van der Waals surface area contributed by atoms with Gasteiger partial charge in [0, 0.05) is 19.1 Å². The Kier molecular flexibility index (Phi) is 4.36. The van der Waals surface area contributed by atoms with Crippen molar-refractivity contribution in [2.24, 2.45) is 5.84 Å². The number of nitrogens with two attached hydrogens (primary N) is 1. The van der Waals surface area contributed by atoms with Crippen molar-refractivity contribution in [3.05, 3.63) is 29.8 Å². The summed E-state index contributed by atoms with van der Waals surface area (Å²) in [7, 11) is 0. The van der Waals surface area contributed by atoms with Crippen LogP contribution in [0.15, 0.2) is 24.3 Å². The van der Waals surface area contributed by atoms with Crippen LogP contribution >= 0.6 is 0 Å². The number of nitrogens with one attached hydrogen (secondary N) is 1. The van der Waals surface area contributed by atoms with E-state index in [1.807, 2.05) is 17.1 Å².